The number of nitrogens with two attached hydrogens (primary N) is 1. The molecule has 1 aliphatic carbocycles. The molecule has 0 aromatic carbocycles. The standard InChI is InChI=1S/C18H29N3O/c1-15(2)13-21(17(22)12-19)14-18(9-5-3-6-10-18)16-8-4-7-11-20-16/h4,7-8,11,15H,3,5-6,9-10,12-14,19H2,1-2H3. The van der Waals surface area contributed by atoms with Gasteiger partial charge in [0.25, 0.3) is 0 Å². The number of aromatic nitrogens is 1. The number of carbonyl (C=O) groups is 1. The first-order chi connectivity index (χ1) is 10.6. The fraction of sp³-hybridized carbons (Fsp3) is 0.667. The van der Waals surface area contributed by atoms with E-state index >= 15 is 0 Å². The van der Waals surface area contributed by atoms with Gasteiger partial charge in [0, 0.05) is 30.4 Å². The Morgan fingerprint density at radius 1 is 1.32 bits per heavy atom. The summed E-state index contributed by atoms with van der Waals surface area (Å²) in [6.07, 6.45) is 7.78. The van der Waals surface area contributed by atoms with Crippen LogP contribution in [-0.2, 0) is 10.2 Å². The van der Waals surface area contributed by atoms with Crippen LogP contribution in [0.25, 0.3) is 0 Å². The minimum Gasteiger partial charge on any atom is -0.340 e. The van der Waals surface area contributed by atoms with Gasteiger partial charge >= 0.3 is 0 Å². The maximum absolute atomic E-state index is 12.3. The highest BCUT2D eigenvalue weighted by Gasteiger charge is 2.37. The molecule has 1 amide bonds. The molecule has 122 valence electrons. The monoisotopic (exact) mass is 303 g/mol. The highest BCUT2D eigenvalue weighted by Crippen LogP contribution is 2.39. The maximum Gasteiger partial charge on any atom is 0.236 e. The van der Waals surface area contributed by atoms with Gasteiger partial charge in [0.1, 0.15) is 0 Å². The smallest absolute Gasteiger partial charge is 0.236 e. The fourth-order valence-corrected chi connectivity index (χ4v) is 3.59. The van der Waals surface area contributed by atoms with E-state index in [4.69, 9.17) is 5.73 Å². The summed E-state index contributed by atoms with van der Waals surface area (Å²) in [7, 11) is 0. The Morgan fingerprint density at radius 3 is 2.59 bits per heavy atom. The van der Waals surface area contributed by atoms with Crippen molar-refractivity contribution in [3.05, 3.63) is 30.1 Å². The van der Waals surface area contributed by atoms with Crippen molar-refractivity contribution in [1.29, 1.82) is 0 Å². The molecule has 22 heavy (non-hydrogen) atoms. The van der Waals surface area contributed by atoms with Gasteiger partial charge in [-0.15, -0.1) is 0 Å². The Hall–Kier alpha value is -1.42. The van der Waals surface area contributed by atoms with E-state index in [9.17, 15) is 4.79 Å². The molecular weight excluding hydrogens is 274 g/mol. The second-order valence-corrected chi connectivity index (χ2v) is 6.93. The van der Waals surface area contributed by atoms with Crippen molar-refractivity contribution < 1.29 is 4.79 Å². The van der Waals surface area contributed by atoms with Gasteiger partial charge in [-0.05, 0) is 30.9 Å². The third-order valence-corrected chi connectivity index (χ3v) is 4.63. The second kappa shape index (κ2) is 7.73. The molecule has 1 saturated carbocycles. The summed E-state index contributed by atoms with van der Waals surface area (Å²) in [6.45, 7) is 5.89. The number of amides is 1. The van der Waals surface area contributed by atoms with Crippen LogP contribution in [0.2, 0.25) is 0 Å². The molecular formula is C18H29N3O. The molecule has 0 saturated heterocycles. The summed E-state index contributed by atoms with van der Waals surface area (Å²) < 4.78 is 0. The zero-order valence-electron chi connectivity index (χ0n) is 13.9. The zero-order chi connectivity index (χ0) is 16.0. The van der Waals surface area contributed by atoms with E-state index < -0.39 is 0 Å². The summed E-state index contributed by atoms with van der Waals surface area (Å²) in [5, 5.41) is 0. The molecule has 1 heterocycles. The average molecular weight is 303 g/mol. The molecule has 0 spiro atoms. The number of hydrogen-bond acceptors (Lipinski definition) is 3. The minimum absolute atomic E-state index is 0.000764. The van der Waals surface area contributed by atoms with Crippen LogP contribution in [0.3, 0.4) is 0 Å². The predicted molar refractivity (Wildman–Crippen MR) is 89.5 cm³/mol. The Bertz CT molecular complexity index is 466. The maximum atomic E-state index is 12.3. The first kappa shape index (κ1) is 16.9. The lowest BCUT2D eigenvalue weighted by Gasteiger charge is -2.41. The number of nitrogens with zero attached hydrogens (tertiary/aromatic N) is 2. The van der Waals surface area contributed by atoms with Crippen molar-refractivity contribution in [2.45, 2.75) is 51.4 Å². The first-order valence-electron chi connectivity index (χ1n) is 8.47. The predicted octanol–water partition coefficient (Wildman–Crippen LogP) is 2.73. The number of carbonyl (C=O) groups excluding carboxylic acids is 1. The minimum atomic E-state index is -0.000764. The molecule has 2 rings (SSSR count). The van der Waals surface area contributed by atoms with Crippen molar-refractivity contribution in [1.82, 2.24) is 9.88 Å². The Balaban J connectivity index is 2.26. The van der Waals surface area contributed by atoms with Crippen molar-refractivity contribution in [3.63, 3.8) is 0 Å². The molecule has 1 aromatic rings. The molecule has 1 aromatic heterocycles. The van der Waals surface area contributed by atoms with Crippen molar-refractivity contribution in [3.8, 4) is 0 Å². The SMILES string of the molecule is CC(C)CN(CC1(c2ccccn2)CCCCC1)C(=O)CN. The Labute approximate surface area is 134 Å². The Morgan fingerprint density at radius 2 is 2.05 bits per heavy atom. The van der Waals surface area contributed by atoms with Gasteiger partial charge in [-0.3, -0.25) is 9.78 Å². The van der Waals surface area contributed by atoms with Crippen LogP contribution >= 0.6 is 0 Å². The highest BCUT2D eigenvalue weighted by molar-refractivity contribution is 5.78. The second-order valence-electron chi connectivity index (χ2n) is 6.93. The number of rotatable bonds is 6. The molecule has 2 N–H and O–H groups in total. The van der Waals surface area contributed by atoms with Gasteiger partial charge in [0.15, 0.2) is 0 Å². The average Bonchev–Trinajstić information content (AvgIpc) is 2.55. The molecule has 4 heteroatoms. The number of pyridine rings is 1. The van der Waals surface area contributed by atoms with E-state index in [1.54, 1.807) is 0 Å². The molecule has 0 atom stereocenters. The van der Waals surface area contributed by atoms with Gasteiger partial charge in [0.2, 0.25) is 5.91 Å². The normalized spacial score (nSPS) is 17.5. The van der Waals surface area contributed by atoms with Crippen LogP contribution in [0, 0.1) is 5.92 Å². The van der Waals surface area contributed by atoms with E-state index in [0.717, 1.165) is 31.6 Å². The van der Waals surface area contributed by atoms with E-state index in [-0.39, 0.29) is 17.9 Å². The molecule has 0 unspecified atom stereocenters. The molecule has 1 aliphatic rings. The van der Waals surface area contributed by atoms with Crippen molar-refractivity contribution in [2.75, 3.05) is 19.6 Å². The van der Waals surface area contributed by atoms with E-state index in [2.05, 4.69) is 31.0 Å². The molecule has 0 aliphatic heterocycles. The third-order valence-electron chi connectivity index (χ3n) is 4.63. The van der Waals surface area contributed by atoms with Crippen LogP contribution < -0.4 is 5.73 Å². The first-order valence-corrected chi connectivity index (χ1v) is 8.47. The van der Waals surface area contributed by atoms with E-state index in [0.29, 0.717) is 5.92 Å². The molecule has 0 bridgehead atoms. The fourth-order valence-electron chi connectivity index (χ4n) is 3.59. The topological polar surface area (TPSA) is 59.2 Å². The lowest BCUT2D eigenvalue weighted by atomic mass is 9.71. The van der Waals surface area contributed by atoms with E-state index in [1.807, 2.05) is 17.2 Å². The van der Waals surface area contributed by atoms with E-state index in [1.165, 1.54) is 19.3 Å². The van der Waals surface area contributed by atoms with Gasteiger partial charge in [-0.25, -0.2) is 0 Å². The lowest BCUT2D eigenvalue weighted by Crippen LogP contribution is -2.48. The summed E-state index contributed by atoms with van der Waals surface area (Å²) in [5.74, 6) is 0.495. The van der Waals surface area contributed by atoms with Crippen LogP contribution in [-0.4, -0.2) is 35.4 Å². The van der Waals surface area contributed by atoms with Gasteiger partial charge in [-0.2, -0.15) is 0 Å². The largest absolute Gasteiger partial charge is 0.340 e. The third kappa shape index (κ3) is 4.07. The molecule has 1 fully saturated rings. The lowest BCUT2D eigenvalue weighted by molar-refractivity contribution is -0.131. The van der Waals surface area contributed by atoms with Crippen molar-refractivity contribution >= 4 is 5.91 Å². The van der Waals surface area contributed by atoms with Gasteiger partial charge in [0.05, 0.1) is 6.54 Å². The Kier molecular flexibility index (Phi) is 5.95. The highest BCUT2D eigenvalue weighted by atomic mass is 16.2. The van der Waals surface area contributed by atoms with Crippen LogP contribution in [0.5, 0.6) is 0 Å². The van der Waals surface area contributed by atoms with Crippen LogP contribution in [0.15, 0.2) is 24.4 Å². The van der Waals surface area contributed by atoms with Crippen molar-refractivity contribution in [2.24, 2.45) is 11.7 Å². The van der Waals surface area contributed by atoms with Gasteiger partial charge < -0.3 is 10.6 Å². The summed E-state index contributed by atoms with van der Waals surface area (Å²) in [5.41, 5.74) is 6.76. The van der Waals surface area contributed by atoms with Gasteiger partial charge in [-0.1, -0.05) is 39.2 Å². The molecule has 0 radical (unpaired) electrons. The number of hydrogen-bond donors (Lipinski definition) is 1. The summed E-state index contributed by atoms with van der Waals surface area (Å²) in [4.78, 5) is 18.9. The summed E-state index contributed by atoms with van der Waals surface area (Å²) >= 11 is 0. The quantitative estimate of drug-likeness (QED) is 0.879. The van der Waals surface area contributed by atoms with Crippen LogP contribution in [0.4, 0.5) is 0 Å². The zero-order valence-corrected chi connectivity index (χ0v) is 13.9. The molecule has 4 nitrogen and oxygen atoms in total. The summed E-state index contributed by atoms with van der Waals surface area (Å²) in [6, 6.07) is 6.12. The van der Waals surface area contributed by atoms with Crippen LogP contribution in [0.1, 0.15) is 51.6 Å².